The molecule has 0 saturated carbocycles. The van der Waals surface area contributed by atoms with Crippen molar-refractivity contribution in [2.75, 3.05) is 39.3 Å². The van der Waals surface area contributed by atoms with Gasteiger partial charge in [-0.05, 0) is 29.3 Å². The lowest BCUT2D eigenvalue weighted by molar-refractivity contribution is 0.259. The van der Waals surface area contributed by atoms with Gasteiger partial charge >= 0.3 is 0 Å². The fraction of sp³-hybridized carbons (Fsp3) is 0.556. The smallest absolute Gasteiger partial charge is 0.220 e. The maximum Gasteiger partial charge on any atom is 0.220 e. The summed E-state index contributed by atoms with van der Waals surface area (Å²) in [7, 11) is -3.40. The standard InChI is InChI=1S/C18H27N5O3S2/c1-3-19-18(20-12-15(2)16-5-11-27-13-16)22-6-8-23(9-7-22)28(24,25)14-17-4-10-26-21-17/h4-5,10-11,13,15H,3,6-9,12,14H2,1-2H3,(H,19,20). The van der Waals surface area contributed by atoms with Crippen molar-refractivity contribution in [3.8, 4) is 0 Å². The highest BCUT2D eigenvalue weighted by Crippen LogP contribution is 2.19. The summed E-state index contributed by atoms with van der Waals surface area (Å²) in [5, 5.41) is 11.3. The summed E-state index contributed by atoms with van der Waals surface area (Å²) in [6, 6.07) is 3.72. The van der Waals surface area contributed by atoms with Crippen LogP contribution in [-0.4, -0.2) is 68.0 Å². The zero-order valence-corrected chi connectivity index (χ0v) is 17.9. The van der Waals surface area contributed by atoms with Crippen molar-refractivity contribution in [2.24, 2.45) is 4.99 Å². The molecule has 1 fully saturated rings. The zero-order chi connectivity index (χ0) is 20.0. The summed E-state index contributed by atoms with van der Waals surface area (Å²) in [4.78, 5) is 6.92. The predicted molar refractivity (Wildman–Crippen MR) is 111 cm³/mol. The van der Waals surface area contributed by atoms with Gasteiger partial charge in [0.15, 0.2) is 5.96 Å². The first-order valence-electron chi connectivity index (χ1n) is 9.42. The Balaban J connectivity index is 1.58. The number of rotatable bonds is 7. The van der Waals surface area contributed by atoms with Crippen LogP contribution in [0.15, 0.2) is 38.7 Å². The molecule has 0 aromatic carbocycles. The third kappa shape index (κ3) is 5.33. The Morgan fingerprint density at radius 3 is 2.75 bits per heavy atom. The van der Waals surface area contributed by atoms with Crippen molar-refractivity contribution in [3.05, 3.63) is 40.4 Å². The van der Waals surface area contributed by atoms with E-state index in [9.17, 15) is 8.42 Å². The lowest BCUT2D eigenvalue weighted by Gasteiger charge is -2.35. The monoisotopic (exact) mass is 425 g/mol. The first-order valence-corrected chi connectivity index (χ1v) is 12.0. The molecule has 0 bridgehead atoms. The molecule has 3 rings (SSSR count). The van der Waals surface area contributed by atoms with Gasteiger partial charge in [0.2, 0.25) is 10.0 Å². The SMILES string of the molecule is CCNC(=NCC(C)c1ccsc1)N1CCN(S(=O)(=O)Cc2ccon2)CC1. The fourth-order valence-electron chi connectivity index (χ4n) is 3.08. The first-order chi connectivity index (χ1) is 13.5. The Morgan fingerprint density at radius 2 is 2.14 bits per heavy atom. The number of thiophene rings is 1. The molecular formula is C18H27N5O3S2. The van der Waals surface area contributed by atoms with Crippen LogP contribution in [0.25, 0.3) is 0 Å². The number of piperazine rings is 1. The van der Waals surface area contributed by atoms with Crippen LogP contribution in [0.4, 0.5) is 0 Å². The van der Waals surface area contributed by atoms with Crippen molar-refractivity contribution < 1.29 is 12.9 Å². The number of nitrogens with one attached hydrogen (secondary N) is 1. The lowest BCUT2D eigenvalue weighted by Crippen LogP contribution is -2.54. The van der Waals surface area contributed by atoms with Gasteiger partial charge in [-0.2, -0.15) is 15.6 Å². The Labute approximate surface area is 170 Å². The molecule has 1 aliphatic heterocycles. The zero-order valence-electron chi connectivity index (χ0n) is 16.2. The van der Waals surface area contributed by atoms with Crippen LogP contribution in [0.5, 0.6) is 0 Å². The average Bonchev–Trinajstić information content (AvgIpc) is 3.39. The summed E-state index contributed by atoms with van der Waals surface area (Å²) < 4.78 is 31.4. The molecular weight excluding hydrogens is 398 g/mol. The van der Waals surface area contributed by atoms with Gasteiger partial charge in [0.05, 0.1) is 5.69 Å². The Bertz CT molecular complexity index is 842. The van der Waals surface area contributed by atoms with Crippen LogP contribution in [-0.2, 0) is 15.8 Å². The van der Waals surface area contributed by atoms with Crippen LogP contribution in [0.2, 0.25) is 0 Å². The number of guanidine groups is 1. The lowest BCUT2D eigenvalue weighted by atomic mass is 10.1. The molecule has 1 atom stereocenters. The molecule has 154 valence electrons. The first kappa shape index (κ1) is 20.8. The molecule has 1 saturated heterocycles. The highest BCUT2D eigenvalue weighted by molar-refractivity contribution is 7.88. The number of hydrogen-bond donors (Lipinski definition) is 1. The molecule has 28 heavy (non-hydrogen) atoms. The minimum atomic E-state index is -3.40. The molecule has 0 spiro atoms. The molecule has 1 aliphatic rings. The quantitative estimate of drug-likeness (QED) is 0.539. The molecule has 2 aromatic rings. The van der Waals surface area contributed by atoms with Gasteiger partial charge in [-0.25, -0.2) is 8.42 Å². The maximum atomic E-state index is 12.6. The molecule has 10 heteroatoms. The van der Waals surface area contributed by atoms with Gasteiger partial charge < -0.3 is 14.7 Å². The highest BCUT2D eigenvalue weighted by atomic mass is 32.2. The van der Waals surface area contributed by atoms with Crippen LogP contribution in [0.3, 0.4) is 0 Å². The summed E-state index contributed by atoms with van der Waals surface area (Å²) >= 11 is 1.70. The third-order valence-corrected chi connectivity index (χ3v) is 7.23. The molecule has 1 unspecified atom stereocenters. The van der Waals surface area contributed by atoms with E-state index in [4.69, 9.17) is 9.52 Å². The van der Waals surface area contributed by atoms with Gasteiger partial charge in [-0.1, -0.05) is 12.1 Å². The molecule has 2 aromatic heterocycles. The largest absolute Gasteiger partial charge is 0.364 e. The minimum Gasteiger partial charge on any atom is -0.364 e. The van der Waals surface area contributed by atoms with E-state index >= 15 is 0 Å². The summed E-state index contributed by atoms with van der Waals surface area (Å²) in [6.07, 6.45) is 1.39. The van der Waals surface area contributed by atoms with Crippen molar-refractivity contribution in [2.45, 2.75) is 25.5 Å². The third-order valence-electron chi connectivity index (χ3n) is 4.72. The number of hydrogen-bond acceptors (Lipinski definition) is 6. The summed E-state index contributed by atoms with van der Waals surface area (Å²) in [6.45, 7) is 7.77. The van der Waals surface area contributed by atoms with Gasteiger partial charge in [0.25, 0.3) is 0 Å². The fourth-order valence-corrected chi connectivity index (χ4v) is 5.29. The topological polar surface area (TPSA) is 91.0 Å². The van der Waals surface area contributed by atoms with Crippen LogP contribution < -0.4 is 5.32 Å². The van der Waals surface area contributed by atoms with Crippen LogP contribution in [0.1, 0.15) is 31.0 Å². The van der Waals surface area contributed by atoms with E-state index in [-0.39, 0.29) is 5.75 Å². The highest BCUT2D eigenvalue weighted by Gasteiger charge is 2.29. The summed E-state index contributed by atoms with van der Waals surface area (Å²) in [5.41, 5.74) is 1.73. The predicted octanol–water partition coefficient (Wildman–Crippen LogP) is 1.95. The average molecular weight is 426 g/mol. The Morgan fingerprint density at radius 1 is 1.36 bits per heavy atom. The van der Waals surface area contributed by atoms with E-state index in [0.29, 0.717) is 44.3 Å². The van der Waals surface area contributed by atoms with Gasteiger partial charge in [-0.15, -0.1) is 0 Å². The van der Waals surface area contributed by atoms with Crippen molar-refractivity contribution in [1.82, 2.24) is 19.7 Å². The molecule has 1 N–H and O–H groups in total. The van der Waals surface area contributed by atoms with E-state index in [2.05, 4.69) is 39.1 Å². The van der Waals surface area contributed by atoms with Crippen LogP contribution >= 0.6 is 11.3 Å². The van der Waals surface area contributed by atoms with E-state index in [1.807, 2.05) is 6.92 Å². The van der Waals surface area contributed by atoms with Gasteiger partial charge in [0.1, 0.15) is 12.0 Å². The summed E-state index contributed by atoms with van der Waals surface area (Å²) in [5.74, 6) is 1.07. The molecule has 8 nitrogen and oxygen atoms in total. The maximum absolute atomic E-state index is 12.6. The second-order valence-corrected chi connectivity index (χ2v) is 9.53. The normalized spacial score (nSPS) is 17.6. The number of nitrogens with zero attached hydrogens (tertiary/aromatic N) is 4. The molecule has 0 radical (unpaired) electrons. The molecule has 0 aliphatic carbocycles. The van der Waals surface area contributed by atoms with Gasteiger partial charge in [-0.3, -0.25) is 4.99 Å². The molecule has 3 heterocycles. The van der Waals surface area contributed by atoms with Crippen molar-refractivity contribution in [1.29, 1.82) is 0 Å². The number of aliphatic imine (C=N–C) groups is 1. The number of sulfonamides is 1. The molecule has 0 amide bonds. The second kappa shape index (κ2) is 9.53. The minimum absolute atomic E-state index is 0.129. The van der Waals surface area contributed by atoms with E-state index in [1.54, 1.807) is 17.4 Å². The Kier molecular flexibility index (Phi) is 7.08. The Hall–Kier alpha value is -1.91. The van der Waals surface area contributed by atoms with Gasteiger partial charge in [0, 0.05) is 51.3 Å². The van der Waals surface area contributed by atoms with Crippen LogP contribution in [0, 0.1) is 0 Å². The van der Waals surface area contributed by atoms with E-state index in [1.165, 1.54) is 16.1 Å². The van der Waals surface area contributed by atoms with E-state index in [0.717, 1.165) is 12.5 Å². The van der Waals surface area contributed by atoms with E-state index < -0.39 is 10.0 Å². The number of aromatic nitrogens is 1. The second-order valence-electron chi connectivity index (χ2n) is 6.79. The van der Waals surface area contributed by atoms with Crippen molar-refractivity contribution >= 4 is 27.3 Å². The van der Waals surface area contributed by atoms with Crippen molar-refractivity contribution in [3.63, 3.8) is 0 Å².